The number of nitrogens with zero attached hydrogens (tertiary/aromatic N) is 5. The Morgan fingerprint density at radius 1 is 1.09 bits per heavy atom. The van der Waals surface area contributed by atoms with Gasteiger partial charge in [0.25, 0.3) is 0 Å². The number of aromatic nitrogens is 5. The van der Waals surface area contributed by atoms with Crippen LogP contribution in [0.1, 0.15) is 25.0 Å². The molecule has 8 nitrogen and oxygen atoms in total. The van der Waals surface area contributed by atoms with Crippen molar-refractivity contribution in [2.24, 2.45) is 0 Å². The summed E-state index contributed by atoms with van der Waals surface area (Å²) in [5.41, 5.74) is 3.46. The van der Waals surface area contributed by atoms with E-state index in [0.29, 0.717) is 16.7 Å². The highest BCUT2D eigenvalue weighted by atomic mass is 32.1. The molecule has 0 atom stereocenters. The molecule has 0 aliphatic heterocycles. The van der Waals surface area contributed by atoms with Crippen LogP contribution in [0.3, 0.4) is 0 Å². The monoisotopic (exact) mass is 465 g/mol. The maximum absolute atomic E-state index is 13.1. The smallest absolute Gasteiger partial charge is 0.323 e. The van der Waals surface area contributed by atoms with E-state index in [9.17, 15) is 9.18 Å². The molecule has 170 valence electrons. The van der Waals surface area contributed by atoms with E-state index in [4.69, 9.17) is 0 Å². The second-order valence-corrected chi connectivity index (χ2v) is 8.55. The number of unbranched alkanes of at least 4 members (excludes halogenated alkanes) is 2. The third-order valence-corrected chi connectivity index (χ3v) is 5.94. The lowest BCUT2D eigenvalue weighted by atomic mass is 10.1. The van der Waals surface area contributed by atoms with Gasteiger partial charge in [-0.1, -0.05) is 23.8 Å². The predicted molar refractivity (Wildman–Crippen MR) is 126 cm³/mol. The van der Waals surface area contributed by atoms with Gasteiger partial charge in [0.2, 0.25) is 5.13 Å². The molecule has 4 aromatic rings. The Hall–Kier alpha value is -3.66. The van der Waals surface area contributed by atoms with Gasteiger partial charge in [-0.3, -0.25) is 15.4 Å². The first-order chi connectivity index (χ1) is 16.1. The molecule has 0 spiro atoms. The van der Waals surface area contributed by atoms with Crippen LogP contribution in [0, 0.1) is 5.82 Å². The van der Waals surface area contributed by atoms with Gasteiger partial charge in [-0.15, -0.1) is 10.2 Å². The van der Waals surface area contributed by atoms with Gasteiger partial charge in [0, 0.05) is 31.0 Å². The number of carbonyl (C=O) groups excluding carboxylic acids is 1. The summed E-state index contributed by atoms with van der Waals surface area (Å²) in [5, 5.41) is 19.4. The van der Waals surface area contributed by atoms with Crippen LogP contribution >= 0.6 is 11.3 Å². The van der Waals surface area contributed by atoms with Crippen molar-refractivity contribution < 1.29 is 9.18 Å². The van der Waals surface area contributed by atoms with E-state index < -0.39 is 0 Å². The Bertz CT molecular complexity index is 1180. The van der Waals surface area contributed by atoms with Gasteiger partial charge in [-0.25, -0.2) is 9.18 Å². The molecular weight excluding hydrogens is 441 g/mol. The van der Waals surface area contributed by atoms with Crippen molar-refractivity contribution in [2.45, 2.75) is 25.7 Å². The van der Waals surface area contributed by atoms with Gasteiger partial charge in [0.05, 0.1) is 5.69 Å². The maximum Gasteiger partial charge on any atom is 0.323 e. The number of hydrogen-bond donors (Lipinski definition) is 2. The standard InChI is InChI=1S/C23H24FN7OS/c1-31(23(32)26-22-30-29-21(33-22)19-8-4-5-13-25-19)14-6-2-3-7-18-15-20(28-27-18)16-9-11-17(24)12-10-16/h4-5,8-13,15H,2-3,6-7,14H2,1H3,(H,27,28)(H,26,30,32). The molecule has 33 heavy (non-hydrogen) atoms. The molecule has 10 heteroatoms. The number of aryl methyl sites for hydroxylation is 1. The Morgan fingerprint density at radius 2 is 1.94 bits per heavy atom. The maximum atomic E-state index is 13.1. The van der Waals surface area contributed by atoms with Crippen LogP contribution in [0.25, 0.3) is 22.0 Å². The van der Waals surface area contributed by atoms with Crippen molar-refractivity contribution in [2.75, 3.05) is 18.9 Å². The Labute approximate surface area is 194 Å². The number of anilines is 1. The summed E-state index contributed by atoms with van der Waals surface area (Å²) in [5.74, 6) is -0.259. The second-order valence-electron chi connectivity index (χ2n) is 7.58. The zero-order chi connectivity index (χ0) is 23.0. The zero-order valence-corrected chi connectivity index (χ0v) is 19.0. The molecule has 0 fully saturated rings. The van der Waals surface area contributed by atoms with Crippen molar-refractivity contribution in [3.05, 3.63) is 66.2 Å². The number of amides is 2. The SMILES string of the molecule is CN(CCCCCc1cc(-c2ccc(F)cc2)n[nH]1)C(=O)Nc1nnc(-c2ccccn2)s1. The number of pyridine rings is 1. The number of rotatable bonds is 9. The lowest BCUT2D eigenvalue weighted by Gasteiger charge is -2.16. The molecule has 2 N–H and O–H groups in total. The molecule has 0 aliphatic rings. The average molecular weight is 466 g/mol. The number of hydrogen-bond acceptors (Lipinski definition) is 6. The molecule has 4 rings (SSSR count). The molecule has 3 heterocycles. The molecule has 0 saturated heterocycles. The van der Waals surface area contributed by atoms with E-state index in [-0.39, 0.29) is 11.8 Å². The molecule has 0 saturated carbocycles. The van der Waals surface area contributed by atoms with E-state index in [1.807, 2.05) is 24.3 Å². The van der Waals surface area contributed by atoms with Gasteiger partial charge < -0.3 is 4.90 Å². The zero-order valence-electron chi connectivity index (χ0n) is 18.2. The fourth-order valence-electron chi connectivity index (χ4n) is 3.25. The summed E-state index contributed by atoms with van der Waals surface area (Å²) < 4.78 is 13.1. The van der Waals surface area contributed by atoms with E-state index in [1.54, 1.807) is 30.3 Å². The first kappa shape index (κ1) is 22.5. The summed E-state index contributed by atoms with van der Waals surface area (Å²) in [7, 11) is 1.76. The highest BCUT2D eigenvalue weighted by Gasteiger charge is 2.13. The van der Waals surface area contributed by atoms with Crippen molar-refractivity contribution >= 4 is 22.5 Å². The summed E-state index contributed by atoms with van der Waals surface area (Å²) in [4.78, 5) is 18.3. The normalized spacial score (nSPS) is 10.8. The van der Waals surface area contributed by atoms with Crippen LogP contribution in [0.2, 0.25) is 0 Å². The van der Waals surface area contributed by atoms with Crippen molar-refractivity contribution in [3.63, 3.8) is 0 Å². The highest BCUT2D eigenvalue weighted by Crippen LogP contribution is 2.24. The third kappa shape index (κ3) is 6.19. The number of halogens is 1. The molecule has 2 amide bonds. The Morgan fingerprint density at radius 3 is 2.73 bits per heavy atom. The van der Waals surface area contributed by atoms with Crippen LogP contribution in [0.4, 0.5) is 14.3 Å². The molecule has 1 aromatic carbocycles. The number of benzene rings is 1. The fraction of sp³-hybridized carbons (Fsp3) is 0.261. The third-order valence-electron chi connectivity index (χ3n) is 5.08. The number of H-pyrrole nitrogens is 1. The van der Waals surface area contributed by atoms with Crippen LogP contribution in [-0.2, 0) is 6.42 Å². The van der Waals surface area contributed by atoms with Gasteiger partial charge >= 0.3 is 6.03 Å². The minimum atomic E-state index is -0.259. The van der Waals surface area contributed by atoms with Crippen LogP contribution in [-0.4, -0.2) is 49.9 Å². The number of aromatic amines is 1. The van der Waals surface area contributed by atoms with Gasteiger partial charge in [-0.05, 0) is 61.7 Å². The summed E-state index contributed by atoms with van der Waals surface area (Å²) in [6, 6.07) is 13.7. The second kappa shape index (κ2) is 10.8. The molecule has 0 aliphatic carbocycles. The average Bonchev–Trinajstić information content (AvgIpc) is 3.50. The molecule has 0 unspecified atom stereocenters. The largest absolute Gasteiger partial charge is 0.328 e. The minimum Gasteiger partial charge on any atom is -0.328 e. The van der Waals surface area contributed by atoms with E-state index in [2.05, 4.69) is 30.7 Å². The van der Waals surface area contributed by atoms with Gasteiger partial charge in [0.15, 0.2) is 5.01 Å². The lowest BCUT2D eigenvalue weighted by Crippen LogP contribution is -2.32. The number of urea groups is 1. The van der Waals surface area contributed by atoms with E-state index in [1.165, 1.54) is 23.5 Å². The summed E-state index contributed by atoms with van der Waals surface area (Å²) in [6.07, 6.45) is 5.40. The first-order valence-electron chi connectivity index (χ1n) is 10.7. The van der Waals surface area contributed by atoms with Crippen molar-refractivity contribution in [1.82, 2.24) is 30.3 Å². The van der Waals surface area contributed by atoms with Gasteiger partial charge in [0.1, 0.15) is 11.5 Å². The topological polar surface area (TPSA) is 99.7 Å². The van der Waals surface area contributed by atoms with Crippen LogP contribution in [0.15, 0.2) is 54.7 Å². The highest BCUT2D eigenvalue weighted by molar-refractivity contribution is 7.18. The van der Waals surface area contributed by atoms with E-state index in [0.717, 1.165) is 48.3 Å². The Kier molecular flexibility index (Phi) is 7.36. The Balaban J connectivity index is 1.16. The van der Waals surface area contributed by atoms with Crippen LogP contribution < -0.4 is 5.32 Å². The predicted octanol–water partition coefficient (Wildman–Crippen LogP) is 5.01. The molecule has 0 radical (unpaired) electrons. The lowest BCUT2D eigenvalue weighted by molar-refractivity contribution is 0.221. The summed E-state index contributed by atoms with van der Waals surface area (Å²) >= 11 is 1.29. The molecular formula is C23H24FN7OS. The fourth-order valence-corrected chi connectivity index (χ4v) is 3.96. The van der Waals surface area contributed by atoms with E-state index >= 15 is 0 Å². The van der Waals surface area contributed by atoms with Crippen LogP contribution in [0.5, 0.6) is 0 Å². The number of nitrogens with one attached hydrogen (secondary N) is 2. The number of carbonyl (C=O) groups is 1. The molecule has 0 bridgehead atoms. The van der Waals surface area contributed by atoms with Crippen molar-refractivity contribution in [1.29, 1.82) is 0 Å². The molecule has 3 aromatic heterocycles. The van der Waals surface area contributed by atoms with Gasteiger partial charge in [-0.2, -0.15) is 5.10 Å². The first-order valence-corrected chi connectivity index (χ1v) is 11.5. The van der Waals surface area contributed by atoms with Crippen molar-refractivity contribution in [3.8, 4) is 22.0 Å². The quantitative estimate of drug-likeness (QED) is 0.339. The summed E-state index contributed by atoms with van der Waals surface area (Å²) in [6.45, 7) is 0.640. The minimum absolute atomic E-state index is 0.212.